The number of hydrogen-bond donors (Lipinski definition) is 0. The number of nitrogens with zero attached hydrogens (tertiary/aromatic N) is 2. The molecule has 0 aliphatic rings. The minimum atomic E-state index is -0.199. The van der Waals surface area contributed by atoms with E-state index in [4.69, 9.17) is 0 Å². The third kappa shape index (κ3) is 2.16. The van der Waals surface area contributed by atoms with Crippen LogP contribution in [0.4, 0.5) is 4.39 Å². The van der Waals surface area contributed by atoms with Gasteiger partial charge < -0.3 is 0 Å². The predicted molar refractivity (Wildman–Crippen MR) is 65.2 cm³/mol. The molecular weight excluding hydrogens is 202 g/mol. The summed E-state index contributed by atoms with van der Waals surface area (Å²) in [6.45, 7) is 2.10. The first-order valence-corrected chi connectivity index (χ1v) is 5.47. The van der Waals surface area contributed by atoms with Gasteiger partial charge in [0.2, 0.25) is 0 Å². The molecule has 1 aromatic heterocycles. The second-order valence-electron chi connectivity index (χ2n) is 3.97. The first-order valence-electron chi connectivity index (χ1n) is 5.47. The van der Waals surface area contributed by atoms with Crippen LogP contribution in [0, 0.1) is 5.82 Å². The highest BCUT2D eigenvalue weighted by molar-refractivity contribution is 6.31. The fraction of sp³-hybridized carbons (Fsp3) is 0.250. The topological polar surface area (TPSA) is 17.8 Å². The second kappa shape index (κ2) is 4.52. The first-order chi connectivity index (χ1) is 7.70. The molecule has 16 heavy (non-hydrogen) atoms. The van der Waals surface area contributed by atoms with Crippen LogP contribution in [0.3, 0.4) is 0 Å². The number of halogens is 1. The Morgan fingerprint density at radius 2 is 2.06 bits per heavy atom. The van der Waals surface area contributed by atoms with Gasteiger partial charge in [-0.3, -0.25) is 4.68 Å². The van der Waals surface area contributed by atoms with Crippen LogP contribution in [0.15, 0.2) is 36.7 Å². The van der Waals surface area contributed by atoms with E-state index in [1.807, 2.05) is 37.1 Å². The minimum absolute atomic E-state index is 0.189. The molecule has 0 aliphatic carbocycles. The standard InChI is InChI=1S/C12H14BFN2/c1-2-12(16-8-10(13)7-15-16)9-3-5-11(14)6-4-9/h3-8,12H,2,13H2,1H3. The molecule has 0 amide bonds. The Morgan fingerprint density at radius 3 is 2.56 bits per heavy atom. The van der Waals surface area contributed by atoms with Crippen LogP contribution in [-0.2, 0) is 0 Å². The third-order valence-electron chi connectivity index (χ3n) is 2.69. The summed E-state index contributed by atoms with van der Waals surface area (Å²) in [5, 5.41) is 4.31. The van der Waals surface area contributed by atoms with Crippen molar-refractivity contribution in [2.75, 3.05) is 0 Å². The van der Waals surface area contributed by atoms with Crippen molar-refractivity contribution in [3.05, 3.63) is 48.0 Å². The van der Waals surface area contributed by atoms with Gasteiger partial charge in [0.25, 0.3) is 0 Å². The van der Waals surface area contributed by atoms with Crippen LogP contribution in [0.2, 0.25) is 0 Å². The van der Waals surface area contributed by atoms with E-state index in [2.05, 4.69) is 12.0 Å². The lowest BCUT2D eigenvalue weighted by Crippen LogP contribution is -2.11. The molecule has 0 fully saturated rings. The van der Waals surface area contributed by atoms with Gasteiger partial charge in [-0.25, -0.2) is 4.39 Å². The molecule has 4 heteroatoms. The van der Waals surface area contributed by atoms with Crippen LogP contribution in [0.1, 0.15) is 24.9 Å². The molecule has 0 N–H and O–H groups in total. The molecule has 0 bridgehead atoms. The summed E-state index contributed by atoms with van der Waals surface area (Å²) in [5.41, 5.74) is 2.23. The van der Waals surface area contributed by atoms with Crippen LogP contribution in [0.25, 0.3) is 0 Å². The maximum absolute atomic E-state index is 12.8. The Balaban J connectivity index is 2.32. The Morgan fingerprint density at radius 1 is 1.38 bits per heavy atom. The van der Waals surface area contributed by atoms with Crippen LogP contribution < -0.4 is 5.46 Å². The maximum Gasteiger partial charge on any atom is 0.143 e. The summed E-state index contributed by atoms with van der Waals surface area (Å²) in [5.74, 6) is -0.199. The summed E-state index contributed by atoms with van der Waals surface area (Å²) in [6, 6.07) is 6.82. The molecule has 2 rings (SSSR count). The van der Waals surface area contributed by atoms with Gasteiger partial charge in [-0.1, -0.05) is 24.5 Å². The first kappa shape index (κ1) is 10.9. The van der Waals surface area contributed by atoms with Gasteiger partial charge in [-0.05, 0) is 24.1 Å². The molecule has 1 heterocycles. The van der Waals surface area contributed by atoms with E-state index >= 15 is 0 Å². The summed E-state index contributed by atoms with van der Waals surface area (Å²) < 4.78 is 14.8. The van der Waals surface area contributed by atoms with E-state index in [0.29, 0.717) is 0 Å². The van der Waals surface area contributed by atoms with Crippen molar-refractivity contribution >= 4 is 13.3 Å². The predicted octanol–water partition coefficient (Wildman–Crippen LogP) is 1.28. The summed E-state index contributed by atoms with van der Waals surface area (Å²) in [6.07, 6.45) is 4.79. The zero-order valence-corrected chi connectivity index (χ0v) is 9.52. The molecule has 0 saturated heterocycles. The fourth-order valence-electron chi connectivity index (χ4n) is 1.86. The zero-order chi connectivity index (χ0) is 11.5. The average Bonchev–Trinajstić information content (AvgIpc) is 2.69. The van der Waals surface area contributed by atoms with Gasteiger partial charge in [0.05, 0.1) is 6.04 Å². The lowest BCUT2D eigenvalue weighted by molar-refractivity contribution is 0.508. The Kier molecular flexibility index (Phi) is 3.08. The highest BCUT2D eigenvalue weighted by Crippen LogP contribution is 2.20. The van der Waals surface area contributed by atoms with E-state index in [1.165, 1.54) is 12.1 Å². The largest absolute Gasteiger partial charge is 0.266 e. The Hall–Kier alpha value is -1.58. The average molecular weight is 216 g/mol. The SMILES string of the molecule is Bc1cnn(C(CC)c2ccc(F)cc2)c1. The van der Waals surface area contributed by atoms with Gasteiger partial charge >= 0.3 is 0 Å². The monoisotopic (exact) mass is 216 g/mol. The van der Waals surface area contributed by atoms with E-state index in [0.717, 1.165) is 17.4 Å². The molecule has 1 aromatic carbocycles. The molecular formula is C12H14BFN2. The lowest BCUT2D eigenvalue weighted by atomic mass is 10.0. The third-order valence-corrected chi connectivity index (χ3v) is 2.69. The molecule has 0 aliphatic heterocycles. The van der Waals surface area contributed by atoms with Crippen LogP contribution in [-0.4, -0.2) is 17.6 Å². The van der Waals surface area contributed by atoms with Crippen molar-refractivity contribution in [2.24, 2.45) is 0 Å². The number of hydrogen-bond acceptors (Lipinski definition) is 1. The van der Waals surface area contributed by atoms with Gasteiger partial charge in [0.1, 0.15) is 13.7 Å². The van der Waals surface area contributed by atoms with Crippen LogP contribution >= 0.6 is 0 Å². The molecule has 0 saturated carbocycles. The molecule has 0 spiro atoms. The quantitative estimate of drug-likeness (QED) is 0.706. The maximum atomic E-state index is 12.8. The van der Waals surface area contributed by atoms with Gasteiger partial charge in [0, 0.05) is 12.4 Å². The van der Waals surface area contributed by atoms with E-state index in [1.54, 1.807) is 0 Å². The van der Waals surface area contributed by atoms with Gasteiger partial charge in [0.15, 0.2) is 0 Å². The van der Waals surface area contributed by atoms with Crippen molar-refractivity contribution in [3.63, 3.8) is 0 Å². The highest BCUT2D eigenvalue weighted by atomic mass is 19.1. The second-order valence-corrected chi connectivity index (χ2v) is 3.97. The van der Waals surface area contributed by atoms with Crippen molar-refractivity contribution in [1.29, 1.82) is 0 Å². The van der Waals surface area contributed by atoms with Crippen LogP contribution in [0.5, 0.6) is 0 Å². The Bertz CT molecular complexity index is 464. The van der Waals surface area contributed by atoms with E-state index in [9.17, 15) is 4.39 Å². The normalized spacial score (nSPS) is 12.6. The lowest BCUT2D eigenvalue weighted by Gasteiger charge is -2.15. The van der Waals surface area contributed by atoms with E-state index < -0.39 is 0 Å². The fourth-order valence-corrected chi connectivity index (χ4v) is 1.86. The molecule has 0 radical (unpaired) electrons. The molecule has 82 valence electrons. The van der Waals surface area contributed by atoms with Crippen molar-refractivity contribution in [1.82, 2.24) is 9.78 Å². The number of aromatic nitrogens is 2. The van der Waals surface area contributed by atoms with Crippen molar-refractivity contribution < 1.29 is 4.39 Å². The van der Waals surface area contributed by atoms with Gasteiger partial charge in [-0.2, -0.15) is 5.10 Å². The van der Waals surface area contributed by atoms with Crippen molar-refractivity contribution in [3.8, 4) is 0 Å². The molecule has 1 unspecified atom stereocenters. The zero-order valence-electron chi connectivity index (χ0n) is 9.52. The number of benzene rings is 1. The molecule has 1 atom stereocenters. The highest BCUT2D eigenvalue weighted by Gasteiger charge is 2.11. The van der Waals surface area contributed by atoms with Crippen molar-refractivity contribution in [2.45, 2.75) is 19.4 Å². The summed E-state index contributed by atoms with van der Waals surface area (Å²) in [4.78, 5) is 0. The summed E-state index contributed by atoms with van der Waals surface area (Å²) >= 11 is 0. The Labute approximate surface area is 95.5 Å². The minimum Gasteiger partial charge on any atom is -0.266 e. The van der Waals surface area contributed by atoms with E-state index in [-0.39, 0.29) is 11.9 Å². The van der Waals surface area contributed by atoms with Gasteiger partial charge in [-0.15, -0.1) is 0 Å². The smallest absolute Gasteiger partial charge is 0.143 e. The molecule has 2 aromatic rings. The summed E-state index contributed by atoms with van der Waals surface area (Å²) in [7, 11) is 2.01. The molecule has 2 nitrogen and oxygen atoms in total. The number of rotatable bonds is 3.